The molecule has 1 aromatic rings. The highest BCUT2D eigenvalue weighted by atomic mass is 19.1. The third-order valence-corrected chi connectivity index (χ3v) is 2.48. The van der Waals surface area contributed by atoms with Crippen molar-refractivity contribution in [3.05, 3.63) is 23.8 Å². The zero-order valence-corrected chi connectivity index (χ0v) is 8.89. The lowest BCUT2D eigenvalue weighted by Gasteiger charge is -2.30. The van der Waals surface area contributed by atoms with Crippen molar-refractivity contribution < 1.29 is 13.6 Å². The molecule has 0 radical (unpaired) electrons. The van der Waals surface area contributed by atoms with E-state index >= 15 is 0 Å². The number of halogens is 2. The molecule has 3 nitrogen and oxygen atoms in total. The van der Waals surface area contributed by atoms with Gasteiger partial charge in [-0.2, -0.15) is 0 Å². The molecule has 0 unspecified atom stereocenters. The number of anilines is 2. The van der Waals surface area contributed by atoms with Crippen LogP contribution < -0.4 is 10.2 Å². The van der Waals surface area contributed by atoms with E-state index in [1.807, 2.05) is 6.92 Å². The molecule has 0 saturated carbocycles. The summed E-state index contributed by atoms with van der Waals surface area (Å²) in [5.41, 5.74) is 0.491. The van der Waals surface area contributed by atoms with Gasteiger partial charge in [-0.25, -0.2) is 8.78 Å². The molecule has 5 heteroatoms. The van der Waals surface area contributed by atoms with Crippen LogP contribution in [0.25, 0.3) is 0 Å². The third-order valence-electron chi connectivity index (χ3n) is 2.48. The van der Waals surface area contributed by atoms with Crippen molar-refractivity contribution in [2.75, 3.05) is 23.3 Å². The Morgan fingerprint density at radius 2 is 2.19 bits per heavy atom. The topological polar surface area (TPSA) is 32.3 Å². The van der Waals surface area contributed by atoms with E-state index in [2.05, 4.69) is 5.32 Å². The predicted molar refractivity (Wildman–Crippen MR) is 57.5 cm³/mol. The van der Waals surface area contributed by atoms with Crippen LogP contribution in [0.1, 0.15) is 13.3 Å². The van der Waals surface area contributed by atoms with E-state index in [0.29, 0.717) is 12.2 Å². The first-order chi connectivity index (χ1) is 7.63. The van der Waals surface area contributed by atoms with Crippen LogP contribution in [0.5, 0.6) is 0 Å². The molecule has 0 saturated heterocycles. The Hall–Kier alpha value is -1.65. The minimum absolute atomic E-state index is 0.0793. The molecule has 0 atom stereocenters. The zero-order valence-electron chi connectivity index (χ0n) is 8.89. The van der Waals surface area contributed by atoms with E-state index in [4.69, 9.17) is 0 Å². The second-order valence-corrected chi connectivity index (χ2v) is 3.68. The maximum atomic E-state index is 13.6. The summed E-state index contributed by atoms with van der Waals surface area (Å²) in [6.45, 7) is 2.42. The summed E-state index contributed by atoms with van der Waals surface area (Å²) in [5, 5.41) is 2.71. The van der Waals surface area contributed by atoms with Crippen molar-refractivity contribution in [1.82, 2.24) is 0 Å². The van der Waals surface area contributed by atoms with Gasteiger partial charge in [-0.3, -0.25) is 4.79 Å². The smallest absolute Gasteiger partial charge is 0.246 e. The summed E-state index contributed by atoms with van der Waals surface area (Å²) in [7, 11) is 0. The summed E-state index contributed by atoms with van der Waals surface area (Å²) in [4.78, 5) is 12.9. The molecule has 86 valence electrons. The second kappa shape index (κ2) is 4.08. The first kappa shape index (κ1) is 10.9. The van der Waals surface area contributed by atoms with Crippen molar-refractivity contribution in [2.45, 2.75) is 13.3 Å². The van der Waals surface area contributed by atoms with Gasteiger partial charge in [0.2, 0.25) is 5.91 Å². The molecule has 2 rings (SSSR count). The number of amides is 1. The minimum Gasteiger partial charge on any atom is -0.374 e. The highest BCUT2D eigenvalue weighted by Crippen LogP contribution is 2.33. The molecule has 0 aliphatic carbocycles. The number of benzene rings is 1. The number of rotatable bonds is 2. The molecule has 0 fully saturated rings. The highest BCUT2D eigenvalue weighted by molar-refractivity contribution is 6.02. The Bertz CT molecular complexity index is 434. The van der Waals surface area contributed by atoms with Crippen LogP contribution in [-0.4, -0.2) is 19.0 Å². The molecule has 0 spiro atoms. The maximum absolute atomic E-state index is 13.6. The zero-order chi connectivity index (χ0) is 11.7. The molecule has 1 aromatic carbocycles. The predicted octanol–water partition coefficient (Wildman–Crippen LogP) is 2.13. The largest absolute Gasteiger partial charge is 0.374 e. The van der Waals surface area contributed by atoms with E-state index in [9.17, 15) is 13.6 Å². The van der Waals surface area contributed by atoms with Crippen molar-refractivity contribution in [3.63, 3.8) is 0 Å². The molecule has 1 aliphatic heterocycles. The van der Waals surface area contributed by atoms with Gasteiger partial charge in [0, 0.05) is 12.6 Å². The van der Waals surface area contributed by atoms with E-state index < -0.39 is 11.6 Å². The summed E-state index contributed by atoms with van der Waals surface area (Å²) >= 11 is 0. The Kier molecular flexibility index (Phi) is 2.77. The molecule has 0 aromatic heterocycles. The molecule has 16 heavy (non-hydrogen) atoms. The molecular weight excluding hydrogens is 214 g/mol. The fraction of sp³-hybridized carbons (Fsp3) is 0.364. The van der Waals surface area contributed by atoms with Crippen LogP contribution in [-0.2, 0) is 4.79 Å². The fourth-order valence-electron chi connectivity index (χ4n) is 1.83. The van der Waals surface area contributed by atoms with Gasteiger partial charge in [0.05, 0.1) is 12.2 Å². The number of carbonyl (C=O) groups is 1. The molecular formula is C11H12F2N2O. The number of nitrogens with zero attached hydrogens (tertiary/aromatic N) is 1. The van der Waals surface area contributed by atoms with Gasteiger partial charge in [-0.15, -0.1) is 0 Å². The van der Waals surface area contributed by atoms with Gasteiger partial charge in [0.25, 0.3) is 0 Å². The second-order valence-electron chi connectivity index (χ2n) is 3.68. The van der Waals surface area contributed by atoms with Gasteiger partial charge < -0.3 is 10.2 Å². The monoisotopic (exact) mass is 226 g/mol. The fourth-order valence-corrected chi connectivity index (χ4v) is 1.83. The minimum atomic E-state index is -0.705. The quantitative estimate of drug-likeness (QED) is 0.837. The van der Waals surface area contributed by atoms with E-state index in [0.717, 1.165) is 12.5 Å². The first-order valence-corrected chi connectivity index (χ1v) is 5.16. The molecule has 0 bridgehead atoms. The van der Waals surface area contributed by atoms with Crippen molar-refractivity contribution in [3.8, 4) is 0 Å². The lowest BCUT2D eigenvalue weighted by atomic mass is 10.1. The molecule has 1 heterocycles. The third kappa shape index (κ3) is 1.73. The number of hydrogen-bond acceptors (Lipinski definition) is 2. The first-order valence-electron chi connectivity index (χ1n) is 5.16. The van der Waals surface area contributed by atoms with Gasteiger partial charge in [0.15, 0.2) is 5.82 Å². The summed E-state index contributed by atoms with van der Waals surface area (Å²) < 4.78 is 26.6. The SMILES string of the molecule is CCCN1C(=O)CNc2cc(F)cc(F)c21. The van der Waals surface area contributed by atoms with Crippen molar-refractivity contribution in [2.24, 2.45) is 0 Å². The summed E-state index contributed by atoms with van der Waals surface area (Å²) in [6, 6.07) is 2.00. The van der Waals surface area contributed by atoms with Gasteiger partial charge in [-0.05, 0) is 12.5 Å². The van der Waals surface area contributed by atoms with E-state index in [1.54, 1.807) is 0 Å². The van der Waals surface area contributed by atoms with E-state index in [1.165, 1.54) is 11.0 Å². The van der Waals surface area contributed by atoms with Crippen LogP contribution in [0.3, 0.4) is 0 Å². The Balaban J connectivity index is 2.50. The van der Waals surface area contributed by atoms with Crippen LogP contribution >= 0.6 is 0 Å². The lowest BCUT2D eigenvalue weighted by Crippen LogP contribution is -2.41. The Labute approximate surface area is 92.1 Å². The number of hydrogen-bond donors (Lipinski definition) is 1. The molecule has 1 amide bonds. The van der Waals surface area contributed by atoms with Crippen LogP contribution in [0.4, 0.5) is 20.2 Å². The van der Waals surface area contributed by atoms with Gasteiger partial charge >= 0.3 is 0 Å². The van der Waals surface area contributed by atoms with Crippen molar-refractivity contribution in [1.29, 1.82) is 0 Å². The average Bonchev–Trinajstić information content (AvgIpc) is 2.22. The van der Waals surface area contributed by atoms with Gasteiger partial charge in [-0.1, -0.05) is 6.92 Å². The van der Waals surface area contributed by atoms with Crippen LogP contribution in [0.15, 0.2) is 12.1 Å². The molecule has 1 N–H and O–H groups in total. The highest BCUT2D eigenvalue weighted by Gasteiger charge is 2.26. The standard InChI is InChI=1S/C11H12F2N2O/c1-2-3-15-10(16)6-14-9-5-7(12)4-8(13)11(9)15/h4-5,14H,2-3,6H2,1H3. The number of nitrogens with one attached hydrogen (secondary N) is 1. The number of fused-ring (bicyclic) bond motifs is 1. The van der Waals surface area contributed by atoms with Crippen LogP contribution in [0, 0.1) is 11.6 Å². The Morgan fingerprint density at radius 1 is 1.44 bits per heavy atom. The summed E-state index contributed by atoms with van der Waals surface area (Å²) in [6.07, 6.45) is 0.724. The molecule has 1 aliphatic rings. The number of carbonyl (C=O) groups excluding carboxylic acids is 1. The Morgan fingerprint density at radius 3 is 2.88 bits per heavy atom. The average molecular weight is 226 g/mol. The van der Waals surface area contributed by atoms with E-state index in [-0.39, 0.29) is 18.1 Å². The van der Waals surface area contributed by atoms with Crippen molar-refractivity contribution >= 4 is 17.3 Å². The maximum Gasteiger partial charge on any atom is 0.246 e. The van der Waals surface area contributed by atoms with Gasteiger partial charge in [0.1, 0.15) is 11.5 Å². The lowest BCUT2D eigenvalue weighted by molar-refractivity contribution is -0.117. The normalized spacial score (nSPS) is 14.7. The van der Waals surface area contributed by atoms with Crippen LogP contribution in [0.2, 0.25) is 0 Å². The summed E-state index contributed by atoms with van der Waals surface area (Å²) in [5.74, 6) is -1.54.